The molecule has 0 aliphatic carbocycles. The van der Waals surface area contributed by atoms with Crippen LogP contribution in [0.4, 0.5) is 5.69 Å². The van der Waals surface area contributed by atoms with Crippen LogP contribution in [0, 0.1) is 0 Å². The maximum Gasteiger partial charge on any atom is 0.143 e. The summed E-state index contributed by atoms with van der Waals surface area (Å²) in [6, 6.07) is 45.2. The number of fused-ring (bicyclic) bond motifs is 8. The van der Waals surface area contributed by atoms with E-state index < -0.39 is 0 Å². The normalized spacial score (nSPS) is 14.4. The van der Waals surface area contributed by atoms with Crippen LogP contribution >= 0.6 is 0 Å². The van der Waals surface area contributed by atoms with Gasteiger partial charge in [0.25, 0.3) is 0 Å². The van der Waals surface area contributed by atoms with Gasteiger partial charge in [-0.05, 0) is 69.1 Å². The number of hydrogen-bond acceptors (Lipinski definition) is 3. The standard InChI is InChI=1S/C40H26N2O/c1-2-8-25(9-3-1)28-17-19-32-35-24-34(31-13-4-5-14-33(31)40(35)43-37(32)23-28)29-10-6-11-30(22-29)36-20-18-27-16-15-26-12-7-21-41-38(26)39(27)42-36/h1-24,36,42H. The summed E-state index contributed by atoms with van der Waals surface area (Å²) >= 11 is 0. The Bertz CT molecular complexity index is 2380. The summed E-state index contributed by atoms with van der Waals surface area (Å²) in [6.07, 6.45) is 6.31. The molecule has 9 rings (SSSR count). The fraction of sp³-hybridized carbons (Fsp3) is 0.0250. The molecule has 1 atom stereocenters. The van der Waals surface area contributed by atoms with Crippen molar-refractivity contribution in [3.05, 3.63) is 151 Å². The van der Waals surface area contributed by atoms with Gasteiger partial charge in [-0.1, -0.05) is 109 Å². The number of pyridine rings is 1. The Hall–Kier alpha value is -5.67. The fourth-order valence-electron chi connectivity index (χ4n) is 6.60. The number of aromatic nitrogens is 1. The van der Waals surface area contributed by atoms with Crippen molar-refractivity contribution in [3.63, 3.8) is 0 Å². The maximum atomic E-state index is 6.58. The van der Waals surface area contributed by atoms with Gasteiger partial charge in [-0.25, -0.2) is 0 Å². The lowest BCUT2D eigenvalue weighted by Crippen LogP contribution is -2.13. The van der Waals surface area contributed by atoms with Crippen LogP contribution in [-0.4, -0.2) is 4.98 Å². The largest absolute Gasteiger partial charge is 0.455 e. The predicted octanol–water partition coefficient (Wildman–Crippen LogP) is 10.8. The molecule has 3 heteroatoms. The van der Waals surface area contributed by atoms with Crippen LogP contribution in [0.15, 0.2) is 144 Å². The molecule has 1 unspecified atom stereocenters. The number of furan rings is 1. The van der Waals surface area contributed by atoms with E-state index in [9.17, 15) is 0 Å². The Morgan fingerprint density at radius 1 is 0.605 bits per heavy atom. The van der Waals surface area contributed by atoms with E-state index in [4.69, 9.17) is 4.42 Å². The molecule has 0 saturated heterocycles. The zero-order chi connectivity index (χ0) is 28.3. The number of anilines is 1. The van der Waals surface area contributed by atoms with Crippen LogP contribution in [0.5, 0.6) is 0 Å². The van der Waals surface area contributed by atoms with Gasteiger partial charge in [-0.2, -0.15) is 0 Å². The Kier molecular flexibility index (Phi) is 5.26. The molecule has 202 valence electrons. The number of rotatable bonds is 3. The quantitative estimate of drug-likeness (QED) is 0.238. The molecule has 0 radical (unpaired) electrons. The lowest BCUT2D eigenvalue weighted by molar-refractivity contribution is 0.673. The smallest absolute Gasteiger partial charge is 0.143 e. The third-order valence-corrected chi connectivity index (χ3v) is 8.72. The summed E-state index contributed by atoms with van der Waals surface area (Å²) < 4.78 is 6.58. The van der Waals surface area contributed by atoms with E-state index in [1.54, 1.807) is 0 Å². The van der Waals surface area contributed by atoms with Crippen molar-refractivity contribution >= 4 is 55.4 Å². The van der Waals surface area contributed by atoms with Crippen molar-refractivity contribution in [3.8, 4) is 22.3 Å². The van der Waals surface area contributed by atoms with Crippen molar-refractivity contribution in [1.29, 1.82) is 0 Å². The summed E-state index contributed by atoms with van der Waals surface area (Å²) in [5, 5.41) is 9.49. The number of nitrogens with one attached hydrogen (secondary N) is 1. The summed E-state index contributed by atoms with van der Waals surface area (Å²) in [6.45, 7) is 0. The van der Waals surface area contributed by atoms with Gasteiger partial charge in [0, 0.05) is 27.7 Å². The molecule has 6 aromatic carbocycles. The Balaban J connectivity index is 1.18. The summed E-state index contributed by atoms with van der Waals surface area (Å²) in [4.78, 5) is 4.69. The highest BCUT2D eigenvalue weighted by Gasteiger charge is 2.19. The Labute approximate surface area is 248 Å². The molecule has 3 nitrogen and oxygen atoms in total. The van der Waals surface area contributed by atoms with Crippen LogP contribution in [0.1, 0.15) is 17.2 Å². The SMILES string of the molecule is C1=CC(c2cccc(-c3cc4c5ccc(-c6ccccc6)cc5oc4c4ccccc34)c2)Nc2c1ccc1cccnc21. The zero-order valence-corrected chi connectivity index (χ0v) is 23.3. The highest BCUT2D eigenvalue weighted by molar-refractivity contribution is 6.19. The van der Waals surface area contributed by atoms with E-state index in [2.05, 4.69) is 138 Å². The lowest BCUT2D eigenvalue weighted by atomic mass is 9.92. The van der Waals surface area contributed by atoms with E-state index in [0.29, 0.717) is 0 Å². The molecule has 1 N–H and O–H groups in total. The maximum absolute atomic E-state index is 6.58. The van der Waals surface area contributed by atoms with Gasteiger partial charge in [-0.3, -0.25) is 4.98 Å². The monoisotopic (exact) mass is 550 g/mol. The average Bonchev–Trinajstić information content (AvgIpc) is 3.46. The van der Waals surface area contributed by atoms with Gasteiger partial charge in [0.2, 0.25) is 0 Å². The predicted molar refractivity (Wildman–Crippen MR) is 179 cm³/mol. The van der Waals surface area contributed by atoms with Crippen LogP contribution in [0.25, 0.3) is 71.9 Å². The number of hydrogen-bond donors (Lipinski definition) is 1. The van der Waals surface area contributed by atoms with Crippen LogP contribution in [0.3, 0.4) is 0 Å². The Morgan fingerprint density at radius 3 is 2.40 bits per heavy atom. The van der Waals surface area contributed by atoms with Gasteiger partial charge in [0.05, 0.1) is 17.2 Å². The molecule has 0 spiro atoms. The zero-order valence-electron chi connectivity index (χ0n) is 23.3. The van der Waals surface area contributed by atoms with Gasteiger partial charge in [-0.15, -0.1) is 0 Å². The highest BCUT2D eigenvalue weighted by atomic mass is 16.3. The molecule has 0 saturated carbocycles. The fourth-order valence-corrected chi connectivity index (χ4v) is 6.60. The Morgan fingerprint density at radius 2 is 1.47 bits per heavy atom. The van der Waals surface area contributed by atoms with E-state index >= 15 is 0 Å². The number of nitrogens with zero attached hydrogens (tertiary/aromatic N) is 1. The van der Waals surface area contributed by atoms with Crippen molar-refractivity contribution < 1.29 is 4.42 Å². The molecule has 1 aliphatic heterocycles. The van der Waals surface area contributed by atoms with E-state index in [-0.39, 0.29) is 6.04 Å². The summed E-state index contributed by atoms with van der Waals surface area (Å²) in [5.41, 5.74) is 11.0. The molecule has 0 amide bonds. The molecule has 1 aliphatic rings. The van der Waals surface area contributed by atoms with Gasteiger partial charge in [0.15, 0.2) is 0 Å². The van der Waals surface area contributed by atoms with E-state index in [0.717, 1.165) is 55.0 Å². The van der Waals surface area contributed by atoms with E-state index in [1.807, 2.05) is 18.3 Å². The van der Waals surface area contributed by atoms with Crippen LogP contribution in [-0.2, 0) is 0 Å². The molecule has 3 heterocycles. The summed E-state index contributed by atoms with van der Waals surface area (Å²) in [7, 11) is 0. The molecule has 43 heavy (non-hydrogen) atoms. The first-order valence-corrected chi connectivity index (χ1v) is 14.7. The van der Waals surface area contributed by atoms with E-state index in [1.165, 1.54) is 27.6 Å². The topological polar surface area (TPSA) is 38.1 Å². The van der Waals surface area contributed by atoms with Crippen LogP contribution < -0.4 is 5.32 Å². The second-order valence-electron chi connectivity index (χ2n) is 11.2. The average molecular weight is 551 g/mol. The molecule has 2 aromatic heterocycles. The highest BCUT2D eigenvalue weighted by Crippen LogP contribution is 2.42. The van der Waals surface area contributed by atoms with Crippen molar-refractivity contribution in [2.24, 2.45) is 0 Å². The van der Waals surface area contributed by atoms with Crippen molar-refractivity contribution in [1.82, 2.24) is 4.98 Å². The molecule has 8 aromatic rings. The second-order valence-corrected chi connectivity index (χ2v) is 11.2. The van der Waals surface area contributed by atoms with Crippen molar-refractivity contribution in [2.75, 3.05) is 5.32 Å². The van der Waals surface area contributed by atoms with Gasteiger partial charge < -0.3 is 9.73 Å². The third kappa shape index (κ3) is 3.86. The minimum absolute atomic E-state index is 0.0428. The molecule has 0 bridgehead atoms. The summed E-state index contributed by atoms with van der Waals surface area (Å²) in [5.74, 6) is 0. The molecular weight excluding hydrogens is 524 g/mol. The number of benzene rings is 6. The second kappa shape index (κ2) is 9.43. The van der Waals surface area contributed by atoms with Gasteiger partial charge >= 0.3 is 0 Å². The first-order valence-electron chi connectivity index (χ1n) is 14.7. The molecular formula is C40H26N2O. The van der Waals surface area contributed by atoms with Crippen LogP contribution in [0.2, 0.25) is 0 Å². The minimum atomic E-state index is 0.0428. The third-order valence-electron chi connectivity index (χ3n) is 8.72. The lowest BCUT2D eigenvalue weighted by Gasteiger charge is -2.24. The first kappa shape index (κ1) is 24.0. The van der Waals surface area contributed by atoms with Gasteiger partial charge in [0.1, 0.15) is 11.2 Å². The first-order chi connectivity index (χ1) is 21.3. The molecule has 0 fully saturated rings. The minimum Gasteiger partial charge on any atom is -0.455 e. The van der Waals surface area contributed by atoms with Crippen molar-refractivity contribution in [2.45, 2.75) is 6.04 Å².